The van der Waals surface area contributed by atoms with E-state index in [2.05, 4.69) is 364 Å². The van der Waals surface area contributed by atoms with Crippen molar-refractivity contribution in [1.29, 1.82) is 0 Å². The van der Waals surface area contributed by atoms with Crippen molar-refractivity contribution in [2.24, 2.45) is 0 Å². The van der Waals surface area contributed by atoms with E-state index >= 15 is 0 Å². The quantitative estimate of drug-likeness (QED) is 0.142. The monoisotopic (exact) mass is 1260 g/mol. The predicted molar refractivity (Wildman–Crippen MR) is 416 cm³/mol. The van der Waals surface area contributed by atoms with Gasteiger partial charge in [0.1, 0.15) is 0 Å². The van der Waals surface area contributed by atoms with Crippen molar-refractivity contribution in [3.05, 3.63) is 468 Å². The number of hydrogen-bond donors (Lipinski definition) is 0. The minimum absolute atomic E-state index is 1.22. The van der Waals surface area contributed by atoms with Crippen LogP contribution >= 0.6 is 0 Å². The fourth-order valence-electron chi connectivity index (χ4n) is 17.7. The first-order valence-electron chi connectivity index (χ1n) is 34.9. The van der Waals surface area contributed by atoms with Gasteiger partial charge in [-0.2, -0.15) is 0 Å². The second-order valence-electron chi connectivity index (χ2n) is 27.1. The highest BCUT2D eigenvalue weighted by atomic mass is 14.2. The van der Waals surface area contributed by atoms with Gasteiger partial charge >= 0.3 is 0 Å². The molecular formula is C100H60. The first kappa shape index (κ1) is 56.2. The molecule has 1 aliphatic carbocycles. The summed E-state index contributed by atoms with van der Waals surface area (Å²) in [5.41, 5.74) is 0. The lowest BCUT2D eigenvalue weighted by atomic mass is 9.95. The molecule has 460 valence electrons. The maximum atomic E-state index is 2.37. The summed E-state index contributed by atoms with van der Waals surface area (Å²) in [5, 5.41) is 48.9. The molecule has 0 spiro atoms. The summed E-state index contributed by atoms with van der Waals surface area (Å²) in [6.45, 7) is 0. The molecule has 20 aromatic carbocycles. The highest BCUT2D eigenvalue weighted by molar-refractivity contribution is 5.97. The number of rotatable bonds is 0. The van der Waals surface area contributed by atoms with E-state index in [4.69, 9.17) is 0 Å². The summed E-state index contributed by atoms with van der Waals surface area (Å²) in [4.78, 5) is 0. The first-order chi connectivity index (χ1) is 49.7. The Morgan fingerprint density at radius 2 is 0.110 bits per heavy atom. The zero-order chi connectivity index (χ0) is 65.5. The van der Waals surface area contributed by atoms with E-state index in [1.165, 1.54) is 212 Å². The van der Waals surface area contributed by atoms with Crippen LogP contribution in [-0.4, -0.2) is 0 Å². The summed E-state index contributed by atoms with van der Waals surface area (Å²) >= 11 is 0. The molecule has 0 atom stereocenters. The molecule has 0 fully saturated rings. The van der Waals surface area contributed by atoms with Gasteiger partial charge in [-0.15, -0.1) is 0 Å². The van der Waals surface area contributed by atoms with E-state index in [1.54, 1.807) is 0 Å². The zero-order valence-corrected chi connectivity index (χ0v) is 54.6. The molecule has 0 amide bonds. The second-order valence-corrected chi connectivity index (χ2v) is 27.1. The average molecular weight is 1260 g/mol. The smallest absolute Gasteiger partial charge is 0.00987 e. The Hall–Kier alpha value is -13.0. The van der Waals surface area contributed by atoms with Crippen LogP contribution < -0.4 is 0 Å². The second kappa shape index (κ2) is 22.3. The van der Waals surface area contributed by atoms with Gasteiger partial charge in [0.15, 0.2) is 0 Å². The highest BCUT2D eigenvalue weighted by Gasteiger charge is 2.13. The van der Waals surface area contributed by atoms with Crippen molar-refractivity contribution < 1.29 is 0 Å². The van der Waals surface area contributed by atoms with E-state index in [0.717, 1.165) is 0 Å². The lowest BCUT2D eigenvalue weighted by molar-refractivity contribution is 1.47. The topological polar surface area (TPSA) is 0 Å². The van der Waals surface area contributed by atoms with Gasteiger partial charge in [0.25, 0.3) is 0 Å². The third kappa shape index (κ3) is 8.41. The summed E-state index contributed by atoms with van der Waals surface area (Å²) in [6.07, 6.45) is 0. The van der Waals surface area contributed by atoms with Crippen LogP contribution in [0.15, 0.2) is 364 Å². The standard InChI is InChI=1S/C100H60/c1-2-22-62-61(21-1)81-41-42-82(62)84-45-46-86(66-26-6-5-25-65(66)84)88-49-50-90(70-30-10-9-29-69(70)88)92-53-54-94(74-34-14-13-33-73(74)92)96-57-58-98(78-38-18-17-37-77(78)96)100-60-59-99(79-39-19-20-40-80(79)100)97-56-55-95(75-35-15-16-36-76(75)97)93-52-51-91(71-31-11-12-32-72(71)93)89-48-47-87(67-27-7-8-28-68(67)89)85-44-43-83(81)63-23-3-4-24-64(63)85/h1-60H. The summed E-state index contributed by atoms with van der Waals surface area (Å²) in [5.74, 6) is 0. The fourth-order valence-corrected chi connectivity index (χ4v) is 17.7. The van der Waals surface area contributed by atoms with Crippen LogP contribution in [0.2, 0.25) is 0 Å². The maximum absolute atomic E-state index is 2.37. The van der Waals surface area contributed by atoms with E-state index in [-0.39, 0.29) is 0 Å². The van der Waals surface area contributed by atoms with Gasteiger partial charge in [0.05, 0.1) is 0 Å². The molecule has 0 saturated carbocycles. The third-order valence-electron chi connectivity index (χ3n) is 22.1. The van der Waals surface area contributed by atoms with E-state index in [9.17, 15) is 0 Å². The molecule has 0 aliphatic heterocycles. The molecular weight excluding hydrogens is 1200 g/mol. The maximum Gasteiger partial charge on any atom is -0.00987 e. The van der Waals surface area contributed by atoms with Crippen molar-refractivity contribution in [2.75, 3.05) is 0 Å². The summed E-state index contributed by atoms with van der Waals surface area (Å²) in [6, 6.07) is 138. The largest absolute Gasteiger partial charge is 0.0616 e. The molecule has 20 bridgehead atoms. The van der Waals surface area contributed by atoms with Crippen LogP contribution in [0, 0.1) is 104 Å². The SMILES string of the molecule is c1ccc2c3ccc(c2c1)=c1ccc(c2ccccc12)=c1ccc(c2ccccc12)=c1ccc(c2ccccc12)=c1ccc(c2ccccc12)=c1ccc(c2ccccc12)=c1ccc(c2ccccc12)=c1ccc(c2ccccc12)=c1ccc(c2ccccc12)=c1ccc=3c2ccccc12. The van der Waals surface area contributed by atoms with Crippen molar-refractivity contribution in [2.45, 2.75) is 0 Å². The molecule has 0 unspecified atom stereocenters. The van der Waals surface area contributed by atoms with Gasteiger partial charge < -0.3 is 0 Å². The van der Waals surface area contributed by atoms with E-state index in [1.807, 2.05) is 0 Å². The Kier molecular flexibility index (Phi) is 12.5. The molecule has 20 aromatic rings. The minimum atomic E-state index is 1.22. The Labute approximate surface area is 572 Å². The number of benzene rings is 20. The fraction of sp³-hybridized carbons (Fsp3) is 0. The average Bonchev–Trinajstić information content (AvgIpc) is 0.743. The van der Waals surface area contributed by atoms with E-state index < -0.39 is 0 Å². The number of hydrogen-bond acceptors (Lipinski definition) is 0. The third-order valence-corrected chi connectivity index (χ3v) is 22.1. The Morgan fingerprint density at radius 1 is 0.0600 bits per heavy atom. The van der Waals surface area contributed by atoms with Gasteiger partial charge in [-0.3, -0.25) is 0 Å². The van der Waals surface area contributed by atoms with Crippen LogP contribution in [0.4, 0.5) is 0 Å². The highest BCUT2D eigenvalue weighted by Crippen LogP contribution is 2.33. The van der Waals surface area contributed by atoms with Gasteiger partial charge in [-0.05, 0) is 212 Å². The molecule has 0 radical (unpaired) electrons. The van der Waals surface area contributed by atoms with Crippen molar-refractivity contribution in [3.63, 3.8) is 0 Å². The van der Waals surface area contributed by atoms with Gasteiger partial charge in [-0.1, -0.05) is 364 Å². The first-order valence-corrected chi connectivity index (χ1v) is 34.9. The Bertz CT molecular complexity index is 6100. The molecule has 0 N–H and O–H groups in total. The van der Waals surface area contributed by atoms with Crippen molar-refractivity contribution >= 4 is 108 Å². The van der Waals surface area contributed by atoms with Crippen molar-refractivity contribution in [3.8, 4) is 0 Å². The van der Waals surface area contributed by atoms with Gasteiger partial charge in [0, 0.05) is 0 Å². The molecule has 1 aliphatic rings. The molecule has 0 aromatic heterocycles. The van der Waals surface area contributed by atoms with Gasteiger partial charge in [-0.25, -0.2) is 0 Å². The Morgan fingerprint density at radius 3 is 0.160 bits per heavy atom. The molecule has 0 heterocycles. The van der Waals surface area contributed by atoms with Gasteiger partial charge in [0.2, 0.25) is 0 Å². The van der Waals surface area contributed by atoms with Crippen molar-refractivity contribution in [1.82, 2.24) is 0 Å². The normalized spacial score (nSPS) is 12.0. The van der Waals surface area contributed by atoms with Crippen LogP contribution in [-0.2, 0) is 0 Å². The van der Waals surface area contributed by atoms with Crippen LogP contribution in [0.1, 0.15) is 0 Å². The Balaban J connectivity index is 0.940. The zero-order valence-electron chi connectivity index (χ0n) is 54.6. The molecule has 0 saturated heterocycles. The van der Waals surface area contributed by atoms with Crippen LogP contribution in [0.5, 0.6) is 0 Å². The van der Waals surface area contributed by atoms with Crippen LogP contribution in [0.3, 0.4) is 0 Å². The minimum Gasteiger partial charge on any atom is -0.0616 e. The summed E-state index contributed by atoms with van der Waals surface area (Å²) < 4.78 is 0. The molecule has 21 rings (SSSR count). The lowest BCUT2D eigenvalue weighted by Crippen LogP contribution is -1.89. The van der Waals surface area contributed by atoms with Crippen LogP contribution in [0.25, 0.3) is 108 Å². The predicted octanol–water partition coefficient (Wildman–Crippen LogP) is 24.4. The lowest BCUT2D eigenvalue weighted by Gasteiger charge is -2.09. The molecule has 100 heavy (non-hydrogen) atoms. The molecule has 0 nitrogen and oxygen atoms in total. The molecule has 0 heteroatoms. The summed E-state index contributed by atoms with van der Waals surface area (Å²) in [7, 11) is 0. The van der Waals surface area contributed by atoms with E-state index in [0.29, 0.717) is 0 Å².